The van der Waals surface area contributed by atoms with E-state index >= 15 is 0 Å². The zero-order chi connectivity index (χ0) is 10.4. The largest absolute Gasteiger partial charge is 0.362 e. The highest BCUT2D eigenvalue weighted by molar-refractivity contribution is 6.54. The summed E-state index contributed by atoms with van der Waals surface area (Å²) in [7, 11) is 0. The maximum absolute atomic E-state index is 10.9. The van der Waals surface area contributed by atoms with Crippen molar-refractivity contribution in [3.05, 3.63) is 42.6 Å². The Labute approximate surface area is 92.5 Å². The van der Waals surface area contributed by atoms with E-state index in [1.807, 2.05) is 30.3 Å². The van der Waals surface area contributed by atoms with Crippen LogP contribution in [0.3, 0.4) is 0 Å². The van der Waals surface area contributed by atoms with E-state index < -0.39 is 4.84 Å². The number of rotatable bonds is 4. The molecule has 0 spiro atoms. The molecule has 14 heavy (non-hydrogen) atoms. The molecule has 2 nitrogen and oxygen atoms in total. The van der Waals surface area contributed by atoms with Crippen molar-refractivity contribution in [3.8, 4) is 0 Å². The number of hydrogen-bond acceptors (Lipinski definition) is 2. The van der Waals surface area contributed by atoms with Gasteiger partial charge in [0.15, 0.2) is 10.6 Å². The van der Waals surface area contributed by atoms with Crippen LogP contribution < -0.4 is 5.32 Å². The molecular formula is C10H9Cl2NO. The highest BCUT2D eigenvalue weighted by Crippen LogP contribution is 2.06. The van der Waals surface area contributed by atoms with Crippen molar-refractivity contribution in [1.29, 1.82) is 0 Å². The summed E-state index contributed by atoms with van der Waals surface area (Å²) < 4.78 is 0. The summed E-state index contributed by atoms with van der Waals surface area (Å²) in [4.78, 5) is 9.95. The fraction of sp³-hybridized carbons (Fsp3) is 0.100. The number of halogens is 2. The molecule has 0 fully saturated rings. The van der Waals surface area contributed by atoms with Crippen LogP contribution in [0.15, 0.2) is 42.6 Å². The van der Waals surface area contributed by atoms with Crippen molar-refractivity contribution < 1.29 is 4.79 Å². The number of anilines is 1. The molecule has 0 heterocycles. The second-order valence-corrected chi connectivity index (χ2v) is 3.64. The van der Waals surface area contributed by atoms with E-state index in [2.05, 4.69) is 5.32 Å². The van der Waals surface area contributed by atoms with Gasteiger partial charge >= 0.3 is 0 Å². The van der Waals surface area contributed by atoms with E-state index in [1.165, 1.54) is 12.3 Å². The van der Waals surface area contributed by atoms with Gasteiger partial charge in [-0.3, -0.25) is 4.79 Å². The highest BCUT2D eigenvalue weighted by atomic mass is 35.5. The Morgan fingerprint density at radius 2 is 1.93 bits per heavy atom. The molecule has 0 aromatic heterocycles. The minimum Gasteiger partial charge on any atom is -0.362 e. The fourth-order valence-corrected chi connectivity index (χ4v) is 0.973. The van der Waals surface area contributed by atoms with Gasteiger partial charge < -0.3 is 5.32 Å². The molecule has 0 atom stereocenters. The van der Waals surface area contributed by atoms with Crippen molar-refractivity contribution in [2.75, 3.05) is 5.32 Å². The summed E-state index contributed by atoms with van der Waals surface area (Å²) in [6.45, 7) is 0. The third-order valence-electron chi connectivity index (χ3n) is 1.49. The van der Waals surface area contributed by atoms with Crippen LogP contribution in [0.1, 0.15) is 0 Å². The maximum Gasteiger partial charge on any atom is 0.189 e. The van der Waals surface area contributed by atoms with Gasteiger partial charge in [-0.25, -0.2) is 0 Å². The standard InChI is InChI=1S/C10H9Cl2NO/c11-10(12)9(14)6-7-13-8-4-2-1-3-5-8/h1-7,10,13H. The summed E-state index contributed by atoms with van der Waals surface area (Å²) in [6, 6.07) is 9.46. The molecule has 0 radical (unpaired) electrons. The Morgan fingerprint density at radius 1 is 1.29 bits per heavy atom. The predicted molar refractivity (Wildman–Crippen MR) is 59.7 cm³/mol. The third kappa shape index (κ3) is 3.81. The quantitative estimate of drug-likeness (QED) is 0.636. The van der Waals surface area contributed by atoms with Crippen LogP contribution in [-0.4, -0.2) is 10.6 Å². The first-order chi connectivity index (χ1) is 6.70. The summed E-state index contributed by atoms with van der Waals surface area (Å²) >= 11 is 10.7. The van der Waals surface area contributed by atoms with Crippen LogP contribution in [0.25, 0.3) is 0 Å². The topological polar surface area (TPSA) is 29.1 Å². The van der Waals surface area contributed by atoms with E-state index in [4.69, 9.17) is 23.2 Å². The number of ketones is 1. The number of carbonyl (C=O) groups excluding carboxylic acids is 1. The number of allylic oxidation sites excluding steroid dienone is 1. The van der Waals surface area contributed by atoms with Crippen LogP contribution in [0.5, 0.6) is 0 Å². The first-order valence-corrected chi connectivity index (χ1v) is 4.87. The Bertz CT molecular complexity index is 322. The summed E-state index contributed by atoms with van der Waals surface area (Å²) in [6.07, 6.45) is 2.81. The number of carbonyl (C=O) groups is 1. The molecule has 0 saturated heterocycles. The lowest BCUT2D eigenvalue weighted by molar-refractivity contribution is -0.113. The lowest BCUT2D eigenvalue weighted by atomic mass is 10.3. The summed E-state index contributed by atoms with van der Waals surface area (Å²) in [5, 5.41) is 2.91. The molecule has 0 aliphatic carbocycles. The number of alkyl halides is 2. The molecule has 74 valence electrons. The Kier molecular flexibility index (Phi) is 4.50. The number of para-hydroxylation sites is 1. The molecule has 1 aromatic carbocycles. The number of nitrogens with one attached hydrogen (secondary N) is 1. The summed E-state index contributed by atoms with van der Waals surface area (Å²) in [5.41, 5.74) is 0.900. The molecule has 1 N–H and O–H groups in total. The lowest BCUT2D eigenvalue weighted by Gasteiger charge is -1.98. The monoisotopic (exact) mass is 229 g/mol. The zero-order valence-electron chi connectivity index (χ0n) is 7.28. The van der Waals surface area contributed by atoms with Crippen molar-refractivity contribution in [1.82, 2.24) is 0 Å². The van der Waals surface area contributed by atoms with Crippen molar-refractivity contribution >= 4 is 34.7 Å². The molecule has 0 aliphatic heterocycles. The molecule has 0 unspecified atom stereocenters. The molecule has 4 heteroatoms. The number of hydrogen-bond donors (Lipinski definition) is 1. The molecule has 0 bridgehead atoms. The molecule has 1 rings (SSSR count). The first-order valence-electron chi connectivity index (χ1n) is 4.00. The van der Waals surface area contributed by atoms with Gasteiger partial charge in [0.1, 0.15) is 0 Å². The second-order valence-electron chi connectivity index (χ2n) is 2.55. The average Bonchev–Trinajstić information content (AvgIpc) is 2.19. The van der Waals surface area contributed by atoms with Crippen molar-refractivity contribution in [2.45, 2.75) is 4.84 Å². The highest BCUT2D eigenvalue weighted by Gasteiger charge is 2.05. The van der Waals surface area contributed by atoms with Gasteiger partial charge in [-0.2, -0.15) is 0 Å². The van der Waals surface area contributed by atoms with E-state index in [0.29, 0.717) is 0 Å². The molecule has 0 amide bonds. The van der Waals surface area contributed by atoms with Gasteiger partial charge in [-0.15, -0.1) is 0 Å². The zero-order valence-corrected chi connectivity index (χ0v) is 8.79. The van der Waals surface area contributed by atoms with E-state index in [1.54, 1.807) is 0 Å². The molecule has 0 saturated carbocycles. The van der Waals surface area contributed by atoms with Crippen molar-refractivity contribution in [2.24, 2.45) is 0 Å². The van der Waals surface area contributed by atoms with Gasteiger partial charge in [-0.1, -0.05) is 41.4 Å². The predicted octanol–water partition coefficient (Wildman–Crippen LogP) is 2.99. The maximum atomic E-state index is 10.9. The minimum atomic E-state index is -0.996. The molecule has 0 aliphatic rings. The van der Waals surface area contributed by atoms with E-state index in [-0.39, 0.29) is 5.78 Å². The minimum absolute atomic E-state index is 0.336. The summed E-state index contributed by atoms with van der Waals surface area (Å²) in [5.74, 6) is -0.336. The Morgan fingerprint density at radius 3 is 2.50 bits per heavy atom. The third-order valence-corrected chi connectivity index (χ3v) is 1.92. The van der Waals surface area contributed by atoms with Gasteiger partial charge in [0.2, 0.25) is 0 Å². The van der Waals surface area contributed by atoms with Gasteiger partial charge in [-0.05, 0) is 12.1 Å². The van der Waals surface area contributed by atoms with E-state index in [9.17, 15) is 4.79 Å². The van der Waals surface area contributed by atoms with Gasteiger partial charge in [0, 0.05) is 18.0 Å². The molecule has 1 aromatic rings. The molecular weight excluding hydrogens is 221 g/mol. The normalized spacial score (nSPS) is 10.8. The van der Waals surface area contributed by atoms with Crippen LogP contribution in [-0.2, 0) is 4.79 Å². The average molecular weight is 230 g/mol. The first kappa shape index (κ1) is 11.1. The van der Waals surface area contributed by atoms with E-state index in [0.717, 1.165) is 5.69 Å². The van der Waals surface area contributed by atoms with Gasteiger partial charge in [0.05, 0.1) is 0 Å². The van der Waals surface area contributed by atoms with Crippen molar-refractivity contribution in [3.63, 3.8) is 0 Å². The van der Waals surface area contributed by atoms with Crippen LogP contribution in [0.4, 0.5) is 5.69 Å². The number of benzene rings is 1. The van der Waals surface area contributed by atoms with Gasteiger partial charge in [0.25, 0.3) is 0 Å². The second kappa shape index (κ2) is 5.68. The SMILES string of the molecule is O=C(C=CNc1ccccc1)C(Cl)Cl. The smallest absolute Gasteiger partial charge is 0.189 e. The van der Waals surface area contributed by atoms with Crippen LogP contribution in [0, 0.1) is 0 Å². The lowest BCUT2D eigenvalue weighted by Crippen LogP contribution is -2.03. The Balaban J connectivity index is 2.45. The van der Waals surface area contributed by atoms with Crippen LogP contribution in [0.2, 0.25) is 0 Å². The Hall–Kier alpha value is -0.990. The fourth-order valence-electron chi connectivity index (χ4n) is 0.827. The van der Waals surface area contributed by atoms with Crippen LogP contribution >= 0.6 is 23.2 Å².